The van der Waals surface area contributed by atoms with Crippen molar-refractivity contribution in [1.29, 1.82) is 0 Å². The summed E-state index contributed by atoms with van der Waals surface area (Å²) in [6.45, 7) is 4.76. The fourth-order valence-corrected chi connectivity index (χ4v) is 2.18. The Labute approximate surface area is 117 Å². The van der Waals surface area contributed by atoms with Gasteiger partial charge in [0, 0.05) is 6.61 Å². The van der Waals surface area contributed by atoms with Crippen LogP contribution in [-0.4, -0.2) is 29.3 Å². The normalized spacial score (nSPS) is 11.9. The van der Waals surface area contributed by atoms with Crippen molar-refractivity contribution in [3.63, 3.8) is 0 Å². The highest BCUT2D eigenvalue weighted by Crippen LogP contribution is 2.13. The van der Waals surface area contributed by atoms with Crippen molar-refractivity contribution in [1.82, 2.24) is 0 Å². The van der Waals surface area contributed by atoms with Gasteiger partial charge in [-0.2, -0.15) is 0 Å². The van der Waals surface area contributed by atoms with Crippen molar-refractivity contribution in [3.8, 4) is 0 Å². The third-order valence-corrected chi connectivity index (χ3v) is 3.18. The highest BCUT2D eigenvalue weighted by Gasteiger charge is 2.12. The van der Waals surface area contributed by atoms with Crippen LogP contribution in [-0.2, 0) is 9.53 Å². The summed E-state index contributed by atoms with van der Waals surface area (Å²) in [6, 6.07) is 0. The molecule has 116 valence electrons. The molecule has 0 radical (unpaired) electrons. The van der Waals surface area contributed by atoms with E-state index in [0.29, 0.717) is 6.61 Å². The number of aliphatic carboxylic acids is 1. The van der Waals surface area contributed by atoms with Crippen LogP contribution < -0.4 is 0 Å². The molecule has 3 N–H and O–H groups in total. The summed E-state index contributed by atoms with van der Waals surface area (Å²) in [4.78, 5) is 10.6. The standard InChI is InChI=1S/C15H30O3.H2O/c1-3-5-6-7-8-9-10-11-12-14(18-4-2)13-15(16)17;/h14H,3-13H2,1-2H3,(H,16,17);1H2. The van der Waals surface area contributed by atoms with Crippen LogP contribution in [0.1, 0.15) is 78.1 Å². The van der Waals surface area contributed by atoms with E-state index in [-0.39, 0.29) is 18.0 Å². The zero-order valence-corrected chi connectivity index (χ0v) is 12.6. The van der Waals surface area contributed by atoms with E-state index in [1.165, 1.54) is 44.9 Å². The number of ether oxygens (including phenoxy) is 1. The van der Waals surface area contributed by atoms with Gasteiger partial charge in [0.2, 0.25) is 0 Å². The van der Waals surface area contributed by atoms with E-state index in [0.717, 1.165) is 12.8 Å². The first-order chi connectivity index (χ1) is 8.70. The minimum absolute atomic E-state index is 0. The maximum absolute atomic E-state index is 10.6. The Hall–Kier alpha value is -0.610. The third kappa shape index (κ3) is 15.3. The Morgan fingerprint density at radius 1 is 1.00 bits per heavy atom. The van der Waals surface area contributed by atoms with Crippen LogP contribution in [0.25, 0.3) is 0 Å². The molecule has 1 unspecified atom stereocenters. The van der Waals surface area contributed by atoms with E-state index in [9.17, 15) is 4.79 Å². The Morgan fingerprint density at radius 2 is 1.53 bits per heavy atom. The van der Waals surface area contributed by atoms with E-state index in [1.807, 2.05) is 6.92 Å². The summed E-state index contributed by atoms with van der Waals surface area (Å²) in [5.74, 6) is -0.756. The molecular weight excluding hydrogens is 244 g/mol. The second-order valence-electron chi connectivity index (χ2n) is 4.94. The molecule has 0 aromatic carbocycles. The van der Waals surface area contributed by atoms with Crippen LogP contribution in [0, 0.1) is 0 Å². The Morgan fingerprint density at radius 3 is 2.00 bits per heavy atom. The van der Waals surface area contributed by atoms with Gasteiger partial charge in [-0.1, -0.05) is 58.3 Å². The van der Waals surface area contributed by atoms with Gasteiger partial charge in [0.1, 0.15) is 0 Å². The minimum atomic E-state index is -0.756. The molecule has 0 spiro atoms. The molecule has 0 aliphatic carbocycles. The first-order valence-electron chi connectivity index (χ1n) is 7.54. The monoisotopic (exact) mass is 276 g/mol. The molecule has 0 rings (SSSR count). The van der Waals surface area contributed by atoms with Gasteiger partial charge in [0.15, 0.2) is 0 Å². The van der Waals surface area contributed by atoms with E-state index in [4.69, 9.17) is 9.84 Å². The van der Waals surface area contributed by atoms with Crippen molar-refractivity contribution in [3.05, 3.63) is 0 Å². The van der Waals surface area contributed by atoms with E-state index < -0.39 is 5.97 Å². The van der Waals surface area contributed by atoms with Gasteiger partial charge in [-0.3, -0.25) is 4.79 Å². The maximum Gasteiger partial charge on any atom is 0.305 e. The summed E-state index contributed by atoms with van der Waals surface area (Å²) in [5.41, 5.74) is 0. The average Bonchev–Trinajstić information content (AvgIpc) is 2.32. The van der Waals surface area contributed by atoms with Gasteiger partial charge in [-0.15, -0.1) is 0 Å². The van der Waals surface area contributed by atoms with Crippen molar-refractivity contribution < 1.29 is 20.1 Å². The molecule has 19 heavy (non-hydrogen) atoms. The van der Waals surface area contributed by atoms with Crippen molar-refractivity contribution in [2.45, 2.75) is 84.2 Å². The van der Waals surface area contributed by atoms with E-state index in [1.54, 1.807) is 0 Å². The topological polar surface area (TPSA) is 78.0 Å². The van der Waals surface area contributed by atoms with E-state index in [2.05, 4.69) is 6.92 Å². The number of carbonyl (C=O) groups is 1. The number of hydrogen-bond donors (Lipinski definition) is 1. The highest BCUT2D eigenvalue weighted by molar-refractivity contribution is 5.67. The Bertz CT molecular complexity index is 195. The quantitative estimate of drug-likeness (QED) is 0.522. The van der Waals surface area contributed by atoms with Crippen molar-refractivity contribution in [2.75, 3.05) is 6.61 Å². The van der Waals surface area contributed by atoms with Crippen LogP contribution in [0.3, 0.4) is 0 Å². The zero-order chi connectivity index (χ0) is 13.6. The fraction of sp³-hybridized carbons (Fsp3) is 0.933. The van der Waals surface area contributed by atoms with Gasteiger partial charge in [0.25, 0.3) is 0 Å². The molecule has 0 heterocycles. The van der Waals surface area contributed by atoms with Crippen LogP contribution in [0.4, 0.5) is 0 Å². The van der Waals surface area contributed by atoms with Crippen molar-refractivity contribution >= 4 is 5.97 Å². The molecule has 0 aliphatic rings. The molecule has 0 aromatic heterocycles. The smallest absolute Gasteiger partial charge is 0.305 e. The number of carboxylic acids is 1. The number of carboxylic acid groups (broad SMARTS) is 1. The number of rotatable bonds is 13. The first-order valence-corrected chi connectivity index (χ1v) is 7.54. The third-order valence-electron chi connectivity index (χ3n) is 3.18. The van der Waals surface area contributed by atoms with Crippen LogP contribution >= 0.6 is 0 Å². The van der Waals surface area contributed by atoms with Crippen LogP contribution in [0.15, 0.2) is 0 Å². The lowest BCUT2D eigenvalue weighted by Crippen LogP contribution is -2.17. The molecule has 4 nitrogen and oxygen atoms in total. The molecule has 0 fully saturated rings. The van der Waals surface area contributed by atoms with Gasteiger partial charge in [0.05, 0.1) is 12.5 Å². The van der Waals surface area contributed by atoms with Gasteiger partial charge >= 0.3 is 5.97 Å². The SMILES string of the molecule is CCCCCCCCCCC(CC(=O)O)OCC.O. The first kappa shape index (κ1) is 20.7. The molecule has 0 saturated carbocycles. The largest absolute Gasteiger partial charge is 0.481 e. The Balaban J connectivity index is 0. The van der Waals surface area contributed by atoms with Crippen LogP contribution in [0.2, 0.25) is 0 Å². The van der Waals surface area contributed by atoms with Crippen molar-refractivity contribution in [2.24, 2.45) is 0 Å². The lowest BCUT2D eigenvalue weighted by Gasteiger charge is -2.14. The zero-order valence-electron chi connectivity index (χ0n) is 12.6. The second kappa shape index (κ2) is 15.4. The predicted octanol–water partition coefficient (Wildman–Crippen LogP) is 3.57. The lowest BCUT2D eigenvalue weighted by atomic mass is 10.0. The molecule has 0 aromatic rings. The average molecular weight is 276 g/mol. The number of unbranched alkanes of at least 4 members (excludes halogenated alkanes) is 7. The molecular formula is C15H32O4. The van der Waals surface area contributed by atoms with Gasteiger partial charge < -0.3 is 15.3 Å². The summed E-state index contributed by atoms with van der Waals surface area (Å²) >= 11 is 0. The maximum atomic E-state index is 10.6. The minimum Gasteiger partial charge on any atom is -0.481 e. The second-order valence-corrected chi connectivity index (χ2v) is 4.94. The Kier molecular flexibility index (Phi) is 16.8. The summed E-state index contributed by atoms with van der Waals surface area (Å²) in [5, 5.41) is 8.75. The molecule has 0 aliphatic heterocycles. The highest BCUT2D eigenvalue weighted by atomic mass is 16.5. The van der Waals surface area contributed by atoms with E-state index >= 15 is 0 Å². The summed E-state index contributed by atoms with van der Waals surface area (Å²) in [7, 11) is 0. The fourth-order valence-electron chi connectivity index (χ4n) is 2.18. The molecule has 0 saturated heterocycles. The molecule has 0 amide bonds. The number of hydrogen-bond acceptors (Lipinski definition) is 2. The summed E-state index contributed by atoms with van der Waals surface area (Å²) in [6.07, 6.45) is 11.2. The molecule has 4 heteroatoms. The van der Waals surface area contributed by atoms with Crippen LogP contribution in [0.5, 0.6) is 0 Å². The molecule has 0 bridgehead atoms. The van der Waals surface area contributed by atoms with Gasteiger partial charge in [-0.05, 0) is 13.3 Å². The summed E-state index contributed by atoms with van der Waals surface area (Å²) < 4.78 is 5.43. The molecule has 1 atom stereocenters. The lowest BCUT2D eigenvalue weighted by molar-refractivity contribution is -0.140. The predicted molar refractivity (Wildman–Crippen MR) is 78.5 cm³/mol. The van der Waals surface area contributed by atoms with Gasteiger partial charge in [-0.25, -0.2) is 0 Å².